The van der Waals surface area contributed by atoms with E-state index in [0.29, 0.717) is 24.6 Å². The number of ketones is 1. The zero-order chi connectivity index (χ0) is 18.5. The molecule has 1 aliphatic heterocycles. The molecular weight excluding hydrogens is 348 g/mol. The minimum Gasteiger partial charge on any atom is -0.380 e. The van der Waals surface area contributed by atoms with Crippen LogP contribution in [-0.2, 0) is 4.74 Å². The summed E-state index contributed by atoms with van der Waals surface area (Å²) in [6.07, 6.45) is 0. The van der Waals surface area contributed by atoms with Crippen molar-refractivity contribution in [1.29, 1.82) is 0 Å². The number of carbonyl (C=O) groups is 2. The van der Waals surface area contributed by atoms with Gasteiger partial charge in [-0.2, -0.15) is 0 Å². The Morgan fingerprint density at radius 3 is 2.77 bits per heavy atom. The summed E-state index contributed by atoms with van der Waals surface area (Å²) < 4.78 is 5.58. The maximum Gasteiger partial charge on any atom is 0.251 e. The molecule has 0 bridgehead atoms. The molecule has 2 aromatic rings. The second kappa shape index (κ2) is 8.58. The van der Waals surface area contributed by atoms with E-state index in [4.69, 9.17) is 4.74 Å². The van der Waals surface area contributed by atoms with Gasteiger partial charge in [0, 0.05) is 36.7 Å². The predicted molar refractivity (Wildman–Crippen MR) is 104 cm³/mol. The molecule has 3 rings (SSSR count). The van der Waals surface area contributed by atoms with E-state index in [1.165, 1.54) is 11.3 Å². The molecular formula is C20H24N2O3S. The number of amides is 1. The van der Waals surface area contributed by atoms with Crippen LogP contribution in [0.15, 0.2) is 35.7 Å². The first-order valence-electron chi connectivity index (χ1n) is 8.78. The van der Waals surface area contributed by atoms with Crippen LogP contribution in [0.2, 0.25) is 0 Å². The van der Waals surface area contributed by atoms with Crippen molar-refractivity contribution in [1.82, 2.24) is 10.2 Å². The van der Waals surface area contributed by atoms with Gasteiger partial charge in [-0.15, -0.1) is 11.3 Å². The summed E-state index contributed by atoms with van der Waals surface area (Å²) in [7, 11) is 2.07. The number of benzene rings is 1. The highest BCUT2D eigenvalue weighted by Crippen LogP contribution is 2.28. The lowest BCUT2D eigenvalue weighted by molar-refractivity contribution is 0.0920. The standard InChI is InChI=1S/C20H24N2O3S/c1-14(23)19-18(7-10-26-19)16-3-5-17(6-4-16)20(24)21-11-15-12-22(2)8-9-25-13-15/h3-7,10,15H,8-9,11-13H2,1-2H3,(H,21,24)/t15-/m1/s1. The number of likely N-dealkylation sites (N-methyl/N-ethyl adjacent to an activating group) is 1. The normalized spacial score (nSPS) is 18.3. The van der Waals surface area contributed by atoms with Crippen LogP contribution in [-0.4, -0.2) is 56.5 Å². The van der Waals surface area contributed by atoms with Crippen LogP contribution >= 0.6 is 11.3 Å². The van der Waals surface area contributed by atoms with Crippen molar-refractivity contribution in [3.05, 3.63) is 46.2 Å². The number of ether oxygens (including phenoxy) is 1. The predicted octanol–water partition coefficient (Wildman–Crippen LogP) is 2.93. The lowest BCUT2D eigenvalue weighted by atomic mass is 10.0. The first-order chi connectivity index (χ1) is 12.5. The van der Waals surface area contributed by atoms with Gasteiger partial charge in [0.05, 0.1) is 18.1 Å². The van der Waals surface area contributed by atoms with Gasteiger partial charge in [0.2, 0.25) is 0 Å². The first kappa shape index (κ1) is 18.8. The van der Waals surface area contributed by atoms with Gasteiger partial charge in [-0.05, 0) is 43.1 Å². The van der Waals surface area contributed by atoms with Crippen molar-refractivity contribution in [3.8, 4) is 11.1 Å². The highest BCUT2D eigenvalue weighted by molar-refractivity contribution is 7.12. The SMILES string of the molecule is CC(=O)c1sccc1-c1ccc(C(=O)NC[C@H]2COCCN(C)C2)cc1. The molecule has 5 nitrogen and oxygen atoms in total. The van der Waals surface area contributed by atoms with Gasteiger partial charge in [-0.25, -0.2) is 0 Å². The van der Waals surface area contributed by atoms with Gasteiger partial charge in [0.15, 0.2) is 5.78 Å². The summed E-state index contributed by atoms with van der Waals surface area (Å²) in [4.78, 5) is 27.1. The molecule has 26 heavy (non-hydrogen) atoms. The van der Waals surface area contributed by atoms with E-state index in [1.54, 1.807) is 6.92 Å². The number of rotatable bonds is 5. The molecule has 2 heterocycles. The molecule has 0 radical (unpaired) electrons. The smallest absolute Gasteiger partial charge is 0.251 e. The van der Waals surface area contributed by atoms with E-state index in [9.17, 15) is 9.59 Å². The minimum absolute atomic E-state index is 0.0624. The van der Waals surface area contributed by atoms with Crippen molar-refractivity contribution in [2.45, 2.75) is 6.92 Å². The zero-order valence-electron chi connectivity index (χ0n) is 15.2. The van der Waals surface area contributed by atoms with Crippen LogP contribution in [0.1, 0.15) is 27.0 Å². The Hall–Kier alpha value is -2.02. The molecule has 1 aromatic heterocycles. The molecule has 1 amide bonds. The Kier molecular flexibility index (Phi) is 6.19. The Balaban J connectivity index is 1.62. The highest BCUT2D eigenvalue weighted by Gasteiger charge is 2.17. The van der Waals surface area contributed by atoms with Gasteiger partial charge in [-0.3, -0.25) is 9.59 Å². The third-order valence-electron chi connectivity index (χ3n) is 4.54. The summed E-state index contributed by atoms with van der Waals surface area (Å²) in [5.74, 6) is 0.280. The van der Waals surface area contributed by atoms with Gasteiger partial charge in [0.25, 0.3) is 5.91 Å². The van der Waals surface area contributed by atoms with E-state index >= 15 is 0 Å². The number of carbonyl (C=O) groups excluding carboxylic acids is 2. The van der Waals surface area contributed by atoms with Gasteiger partial charge in [-0.1, -0.05) is 12.1 Å². The summed E-state index contributed by atoms with van der Waals surface area (Å²) in [6, 6.07) is 9.35. The zero-order valence-corrected chi connectivity index (χ0v) is 16.0. The van der Waals surface area contributed by atoms with E-state index in [0.717, 1.165) is 35.7 Å². The van der Waals surface area contributed by atoms with Crippen molar-refractivity contribution >= 4 is 23.0 Å². The van der Waals surface area contributed by atoms with Crippen molar-refractivity contribution in [2.24, 2.45) is 5.92 Å². The minimum atomic E-state index is -0.0828. The average Bonchev–Trinajstić information content (AvgIpc) is 3.04. The number of thiophene rings is 1. The summed E-state index contributed by atoms with van der Waals surface area (Å²) in [5.41, 5.74) is 2.50. The molecule has 0 spiro atoms. The third kappa shape index (κ3) is 4.58. The number of hydrogen-bond donors (Lipinski definition) is 1. The molecule has 6 heteroatoms. The Morgan fingerprint density at radius 2 is 2.04 bits per heavy atom. The fourth-order valence-electron chi connectivity index (χ4n) is 3.13. The highest BCUT2D eigenvalue weighted by atomic mass is 32.1. The third-order valence-corrected chi connectivity index (χ3v) is 5.55. The largest absolute Gasteiger partial charge is 0.380 e. The number of hydrogen-bond acceptors (Lipinski definition) is 5. The molecule has 0 aliphatic carbocycles. The average molecular weight is 372 g/mol. The second-order valence-electron chi connectivity index (χ2n) is 6.71. The fraction of sp³-hybridized carbons (Fsp3) is 0.400. The summed E-state index contributed by atoms with van der Waals surface area (Å²) in [5, 5.41) is 4.92. The van der Waals surface area contributed by atoms with Crippen molar-refractivity contribution in [3.63, 3.8) is 0 Å². The molecule has 0 unspecified atom stereocenters. The van der Waals surface area contributed by atoms with E-state index in [2.05, 4.69) is 17.3 Å². The maximum absolute atomic E-state index is 12.4. The van der Waals surface area contributed by atoms with Crippen LogP contribution in [0.3, 0.4) is 0 Å². The van der Waals surface area contributed by atoms with Crippen molar-refractivity contribution < 1.29 is 14.3 Å². The topological polar surface area (TPSA) is 58.6 Å². The molecule has 138 valence electrons. The molecule has 1 atom stereocenters. The summed E-state index contributed by atoms with van der Waals surface area (Å²) >= 11 is 1.44. The Bertz CT molecular complexity index is 770. The van der Waals surface area contributed by atoms with E-state index in [-0.39, 0.29) is 11.7 Å². The second-order valence-corrected chi connectivity index (χ2v) is 7.63. The molecule has 1 fully saturated rings. The molecule has 1 aliphatic rings. The molecule has 1 saturated heterocycles. The maximum atomic E-state index is 12.4. The van der Waals surface area contributed by atoms with E-state index < -0.39 is 0 Å². The van der Waals surface area contributed by atoms with Crippen LogP contribution in [0.4, 0.5) is 0 Å². The lowest BCUT2D eigenvalue weighted by Crippen LogP contribution is -2.35. The Morgan fingerprint density at radius 1 is 1.27 bits per heavy atom. The quantitative estimate of drug-likeness (QED) is 0.820. The summed E-state index contributed by atoms with van der Waals surface area (Å²) in [6.45, 7) is 5.44. The van der Waals surface area contributed by atoms with Crippen LogP contribution in [0, 0.1) is 5.92 Å². The van der Waals surface area contributed by atoms with Crippen LogP contribution in [0.25, 0.3) is 11.1 Å². The van der Waals surface area contributed by atoms with Crippen molar-refractivity contribution in [2.75, 3.05) is 39.9 Å². The van der Waals surface area contributed by atoms with Crippen LogP contribution in [0.5, 0.6) is 0 Å². The number of Topliss-reactive ketones (excluding diaryl/α,β-unsaturated/α-hetero) is 1. The Labute approximate surface area is 158 Å². The van der Waals surface area contributed by atoms with E-state index in [1.807, 2.05) is 35.7 Å². The van der Waals surface area contributed by atoms with Gasteiger partial charge >= 0.3 is 0 Å². The lowest BCUT2D eigenvalue weighted by Gasteiger charge is -2.19. The van der Waals surface area contributed by atoms with Crippen LogP contribution < -0.4 is 5.32 Å². The first-order valence-corrected chi connectivity index (χ1v) is 9.66. The molecule has 1 N–H and O–H groups in total. The fourth-order valence-corrected chi connectivity index (χ4v) is 3.95. The number of nitrogens with one attached hydrogen (secondary N) is 1. The number of nitrogens with zero attached hydrogens (tertiary/aromatic N) is 1. The molecule has 1 aromatic carbocycles. The molecule has 0 saturated carbocycles. The van der Waals surface area contributed by atoms with Gasteiger partial charge in [0.1, 0.15) is 0 Å². The van der Waals surface area contributed by atoms with Gasteiger partial charge < -0.3 is 15.0 Å². The monoisotopic (exact) mass is 372 g/mol.